The number of carboxylic acid groups (broad SMARTS) is 1. The number of allylic oxidation sites excluding steroid dienone is 1. The standard InChI is InChI=1S/C10H10O5/c1-2-3-4-6-7(5-8(11)12)10(14)15-9(6)13/h3-4H,2,5H2,1H3,(H,11,12). The molecule has 0 radical (unpaired) electrons. The first kappa shape index (κ1) is 11.2. The van der Waals surface area contributed by atoms with Crippen molar-refractivity contribution >= 4 is 17.9 Å². The summed E-state index contributed by atoms with van der Waals surface area (Å²) in [5, 5.41) is 8.54. The highest BCUT2D eigenvalue weighted by Gasteiger charge is 2.32. The number of hydrogen-bond donors (Lipinski definition) is 1. The highest BCUT2D eigenvalue weighted by Crippen LogP contribution is 2.21. The fraction of sp³-hybridized carbons (Fsp3) is 0.300. The van der Waals surface area contributed by atoms with Crippen molar-refractivity contribution in [3.63, 3.8) is 0 Å². The van der Waals surface area contributed by atoms with E-state index in [4.69, 9.17) is 5.11 Å². The fourth-order valence-electron chi connectivity index (χ4n) is 1.16. The molecule has 0 saturated heterocycles. The summed E-state index contributed by atoms with van der Waals surface area (Å²) in [7, 11) is 0. The number of carboxylic acids is 1. The molecule has 0 aromatic carbocycles. The third-order valence-electron chi connectivity index (χ3n) is 1.83. The van der Waals surface area contributed by atoms with Gasteiger partial charge in [0.15, 0.2) is 0 Å². The Hall–Kier alpha value is -1.91. The molecule has 0 aromatic heterocycles. The van der Waals surface area contributed by atoms with Gasteiger partial charge >= 0.3 is 17.9 Å². The average Bonchev–Trinajstić information content (AvgIpc) is 2.39. The van der Waals surface area contributed by atoms with Crippen molar-refractivity contribution in [2.24, 2.45) is 0 Å². The van der Waals surface area contributed by atoms with Gasteiger partial charge in [0, 0.05) is 0 Å². The lowest BCUT2D eigenvalue weighted by molar-refractivity contribution is -0.151. The molecule has 1 aliphatic heterocycles. The van der Waals surface area contributed by atoms with Crippen molar-refractivity contribution in [3.8, 4) is 0 Å². The summed E-state index contributed by atoms with van der Waals surface area (Å²) >= 11 is 0. The molecule has 15 heavy (non-hydrogen) atoms. The summed E-state index contributed by atoms with van der Waals surface area (Å²) in [6.45, 7) is 1.86. The van der Waals surface area contributed by atoms with E-state index in [1.807, 2.05) is 6.92 Å². The van der Waals surface area contributed by atoms with Crippen LogP contribution < -0.4 is 0 Å². The fourth-order valence-corrected chi connectivity index (χ4v) is 1.16. The summed E-state index contributed by atoms with van der Waals surface area (Å²) < 4.78 is 4.32. The number of esters is 2. The number of carbonyl (C=O) groups is 3. The van der Waals surface area contributed by atoms with Gasteiger partial charge in [0.05, 0.1) is 17.6 Å². The van der Waals surface area contributed by atoms with Gasteiger partial charge in [0.2, 0.25) is 0 Å². The Morgan fingerprint density at radius 2 is 2.07 bits per heavy atom. The van der Waals surface area contributed by atoms with Crippen LogP contribution in [-0.2, 0) is 19.1 Å². The van der Waals surface area contributed by atoms with E-state index >= 15 is 0 Å². The average molecular weight is 210 g/mol. The zero-order valence-corrected chi connectivity index (χ0v) is 8.15. The molecule has 0 fully saturated rings. The number of aliphatic carboxylic acids is 1. The van der Waals surface area contributed by atoms with E-state index in [9.17, 15) is 14.4 Å². The molecule has 1 aliphatic rings. The molecule has 1 rings (SSSR count). The van der Waals surface area contributed by atoms with Gasteiger partial charge < -0.3 is 9.84 Å². The Kier molecular flexibility index (Phi) is 3.38. The largest absolute Gasteiger partial charge is 0.481 e. The first-order valence-electron chi connectivity index (χ1n) is 4.44. The maximum atomic E-state index is 11.1. The molecule has 0 atom stereocenters. The molecule has 0 amide bonds. The van der Waals surface area contributed by atoms with Crippen LogP contribution in [0.4, 0.5) is 0 Å². The predicted octanol–water partition coefficient (Wildman–Crippen LogP) is 0.807. The Morgan fingerprint density at radius 3 is 2.60 bits per heavy atom. The highest BCUT2D eigenvalue weighted by molar-refractivity contribution is 6.15. The van der Waals surface area contributed by atoms with Crippen LogP contribution in [0.25, 0.3) is 0 Å². The quantitative estimate of drug-likeness (QED) is 0.548. The second kappa shape index (κ2) is 4.54. The van der Waals surface area contributed by atoms with E-state index < -0.39 is 24.3 Å². The molecule has 0 saturated carbocycles. The minimum absolute atomic E-state index is 0.0456. The van der Waals surface area contributed by atoms with Gasteiger partial charge in [-0.1, -0.05) is 19.1 Å². The lowest BCUT2D eigenvalue weighted by Gasteiger charge is -1.92. The van der Waals surface area contributed by atoms with Gasteiger partial charge in [-0.25, -0.2) is 9.59 Å². The van der Waals surface area contributed by atoms with E-state index in [-0.39, 0.29) is 11.1 Å². The zero-order chi connectivity index (χ0) is 11.4. The summed E-state index contributed by atoms with van der Waals surface area (Å²) in [5.41, 5.74) is -0.0403. The van der Waals surface area contributed by atoms with Gasteiger partial charge in [-0.15, -0.1) is 0 Å². The summed E-state index contributed by atoms with van der Waals surface area (Å²) in [4.78, 5) is 32.7. The molecular weight excluding hydrogens is 200 g/mol. The second-order valence-corrected chi connectivity index (χ2v) is 2.95. The van der Waals surface area contributed by atoms with Crippen molar-refractivity contribution in [2.75, 3.05) is 0 Å². The van der Waals surface area contributed by atoms with Crippen LogP contribution in [-0.4, -0.2) is 23.0 Å². The Morgan fingerprint density at radius 1 is 1.40 bits per heavy atom. The van der Waals surface area contributed by atoms with Gasteiger partial charge in [-0.05, 0) is 6.42 Å². The van der Waals surface area contributed by atoms with Crippen LogP contribution in [0.3, 0.4) is 0 Å². The maximum Gasteiger partial charge on any atom is 0.346 e. The first-order chi connectivity index (χ1) is 7.06. The highest BCUT2D eigenvalue weighted by atomic mass is 16.6. The summed E-state index contributed by atoms with van der Waals surface area (Å²) in [6, 6.07) is 0. The molecule has 0 unspecified atom stereocenters. The summed E-state index contributed by atoms with van der Waals surface area (Å²) in [6.07, 6.45) is 3.28. The number of carbonyl (C=O) groups excluding carboxylic acids is 2. The van der Waals surface area contributed by atoms with Crippen molar-refractivity contribution in [3.05, 3.63) is 23.3 Å². The van der Waals surface area contributed by atoms with E-state index in [1.165, 1.54) is 6.08 Å². The minimum Gasteiger partial charge on any atom is -0.481 e. The molecule has 80 valence electrons. The summed E-state index contributed by atoms with van der Waals surface area (Å²) in [5.74, 6) is -2.81. The topological polar surface area (TPSA) is 80.7 Å². The minimum atomic E-state index is -1.17. The lowest BCUT2D eigenvalue weighted by atomic mass is 10.1. The number of ether oxygens (including phenoxy) is 1. The molecule has 0 aromatic rings. The Bertz CT molecular complexity index is 375. The third-order valence-corrected chi connectivity index (χ3v) is 1.83. The van der Waals surface area contributed by atoms with E-state index in [1.54, 1.807) is 6.08 Å². The van der Waals surface area contributed by atoms with Crippen LogP contribution >= 0.6 is 0 Å². The van der Waals surface area contributed by atoms with Crippen molar-refractivity contribution in [2.45, 2.75) is 19.8 Å². The third kappa shape index (κ3) is 2.52. The SMILES string of the molecule is CCC=CC1=C(CC(=O)O)C(=O)OC1=O. The van der Waals surface area contributed by atoms with E-state index in [0.717, 1.165) is 0 Å². The first-order valence-corrected chi connectivity index (χ1v) is 4.44. The van der Waals surface area contributed by atoms with Gasteiger partial charge in [-0.2, -0.15) is 0 Å². The number of rotatable bonds is 4. The van der Waals surface area contributed by atoms with Crippen LogP contribution in [0.2, 0.25) is 0 Å². The molecule has 0 bridgehead atoms. The van der Waals surface area contributed by atoms with Crippen LogP contribution in [0.1, 0.15) is 19.8 Å². The van der Waals surface area contributed by atoms with Crippen molar-refractivity contribution < 1.29 is 24.2 Å². The molecule has 1 N–H and O–H groups in total. The monoisotopic (exact) mass is 210 g/mol. The lowest BCUT2D eigenvalue weighted by Crippen LogP contribution is -2.05. The molecule has 5 heteroatoms. The molecular formula is C10H10O5. The second-order valence-electron chi connectivity index (χ2n) is 2.95. The predicted molar refractivity (Wildman–Crippen MR) is 49.8 cm³/mol. The molecule has 5 nitrogen and oxygen atoms in total. The number of cyclic esters (lactones) is 2. The van der Waals surface area contributed by atoms with Crippen LogP contribution in [0, 0.1) is 0 Å². The Labute approximate surface area is 86.0 Å². The zero-order valence-electron chi connectivity index (χ0n) is 8.15. The number of hydrogen-bond acceptors (Lipinski definition) is 4. The molecule has 0 aliphatic carbocycles. The smallest absolute Gasteiger partial charge is 0.346 e. The maximum absolute atomic E-state index is 11.1. The van der Waals surface area contributed by atoms with Crippen LogP contribution in [0.5, 0.6) is 0 Å². The van der Waals surface area contributed by atoms with Crippen molar-refractivity contribution in [1.29, 1.82) is 0 Å². The van der Waals surface area contributed by atoms with E-state index in [2.05, 4.69) is 4.74 Å². The Balaban J connectivity index is 3.03. The van der Waals surface area contributed by atoms with Crippen molar-refractivity contribution in [1.82, 2.24) is 0 Å². The van der Waals surface area contributed by atoms with Gasteiger partial charge in [0.1, 0.15) is 0 Å². The van der Waals surface area contributed by atoms with Gasteiger partial charge in [0.25, 0.3) is 0 Å². The van der Waals surface area contributed by atoms with Crippen LogP contribution in [0.15, 0.2) is 23.3 Å². The van der Waals surface area contributed by atoms with E-state index in [0.29, 0.717) is 6.42 Å². The molecule has 0 spiro atoms. The normalized spacial score (nSPS) is 16.3. The van der Waals surface area contributed by atoms with Gasteiger partial charge in [-0.3, -0.25) is 4.79 Å². The molecule has 1 heterocycles.